The first-order valence-corrected chi connectivity index (χ1v) is 15.6. The first-order valence-electron chi connectivity index (χ1n) is 15.6. The van der Waals surface area contributed by atoms with Crippen LogP contribution in [0.3, 0.4) is 0 Å². The van der Waals surface area contributed by atoms with E-state index in [9.17, 15) is 34.2 Å². The third-order valence-electron chi connectivity index (χ3n) is 8.50. The molecule has 1 atom stereocenters. The molecule has 0 fully saturated rings. The second-order valence-corrected chi connectivity index (χ2v) is 11.8. The number of carbonyl (C=O) groups excluding carboxylic acids is 2. The van der Waals surface area contributed by atoms with Gasteiger partial charge in [0.2, 0.25) is 0 Å². The van der Waals surface area contributed by atoms with Crippen LogP contribution in [-0.4, -0.2) is 61.1 Å². The Morgan fingerprint density at radius 2 is 1.16 bits per heavy atom. The van der Waals surface area contributed by atoms with E-state index in [1.807, 2.05) is 32.9 Å². The quantitative estimate of drug-likeness (QED) is 0.154. The van der Waals surface area contributed by atoms with Gasteiger partial charge in [0.1, 0.15) is 6.04 Å². The molecule has 1 unspecified atom stereocenters. The molecule has 13 heteroatoms. The van der Waals surface area contributed by atoms with Gasteiger partial charge in [0, 0.05) is 64.5 Å². The highest BCUT2D eigenvalue weighted by molar-refractivity contribution is 6.03. The fourth-order valence-corrected chi connectivity index (χ4v) is 5.61. The number of allylic oxidation sites excluding steroid dienone is 2. The molecule has 4 heterocycles. The van der Waals surface area contributed by atoms with Crippen molar-refractivity contribution in [1.82, 2.24) is 20.6 Å². The monoisotopic (exact) mass is 673 g/mol. The molecule has 0 saturated carbocycles. The number of carboxylic acid groups (broad SMARTS) is 3. The number of hydrogen-bond donors (Lipinski definition) is 8. The third-order valence-corrected chi connectivity index (χ3v) is 8.50. The van der Waals surface area contributed by atoms with Crippen molar-refractivity contribution < 1.29 is 39.3 Å². The predicted octanol–water partition coefficient (Wildman–Crippen LogP) is 3.95. The van der Waals surface area contributed by atoms with Gasteiger partial charge in [-0.25, -0.2) is 0 Å². The van der Waals surface area contributed by atoms with Crippen molar-refractivity contribution in [3.8, 4) is 0 Å². The molecule has 0 saturated heterocycles. The standard InChI is InChI=1S/C33H36N4O6.C3H7NO2/c1-7-20-19(6)32(42)37-27(20)14-25-18(5)23(10-12-31(40)41)29(35-25)15-28-22(9-11-30(38)39)17(4)24(34-28)13-26-16(3)21(8-2)33(43)36-26;1-2(4)3(5)6/h7-8,13-14,34-35H,1-2,9-12,15H2,3-6H3,(H,36,43)(H,37,42)(H,38,39)(H,40,41);2H,4H2,1H3,(H,5,6)/b26-13-,27-14-;. The van der Waals surface area contributed by atoms with Gasteiger partial charge in [-0.1, -0.05) is 25.3 Å². The molecule has 13 nitrogen and oxygen atoms in total. The highest BCUT2D eigenvalue weighted by Crippen LogP contribution is 2.31. The van der Waals surface area contributed by atoms with E-state index < -0.39 is 23.9 Å². The number of nitrogens with one attached hydrogen (secondary N) is 4. The highest BCUT2D eigenvalue weighted by atomic mass is 16.4. The van der Waals surface area contributed by atoms with Gasteiger partial charge in [-0.2, -0.15) is 0 Å². The van der Waals surface area contributed by atoms with E-state index in [4.69, 9.17) is 10.8 Å². The number of carboxylic acids is 3. The SMILES string of the molecule is C=CC1=C(C)/C(=C/c2[nH]c(Cc3[nH]c(/C=C4\NC(=O)C(C)=C4C=C)c(C)c3CCC(=O)O)c(CCC(=O)O)c2C)NC1=O.CC(N)C(=O)O. The lowest BCUT2D eigenvalue weighted by atomic mass is 9.98. The molecule has 0 radical (unpaired) electrons. The van der Waals surface area contributed by atoms with Crippen LogP contribution in [-0.2, 0) is 43.2 Å². The van der Waals surface area contributed by atoms with E-state index in [0.29, 0.717) is 34.5 Å². The summed E-state index contributed by atoms with van der Waals surface area (Å²) in [5.41, 5.74) is 15.0. The van der Waals surface area contributed by atoms with Gasteiger partial charge in [-0.15, -0.1) is 0 Å². The van der Waals surface area contributed by atoms with Crippen molar-refractivity contribution in [2.24, 2.45) is 5.73 Å². The zero-order valence-electron chi connectivity index (χ0n) is 28.3. The molecule has 2 aliphatic heterocycles. The number of carbonyl (C=O) groups is 5. The lowest BCUT2D eigenvalue weighted by Gasteiger charge is -2.07. The number of amides is 2. The first-order chi connectivity index (χ1) is 23.0. The summed E-state index contributed by atoms with van der Waals surface area (Å²) in [5.74, 6) is -3.24. The number of aromatic amines is 2. The summed E-state index contributed by atoms with van der Waals surface area (Å²) >= 11 is 0. The summed E-state index contributed by atoms with van der Waals surface area (Å²) in [6, 6.07) is -0.731. The zero-order chi connectivity index (χ0) is 36.7. The molecule has 0 spiro atoms. The Kier molecular flexibility index (Phi) is 12.3. The zero-order valence-corrected chi connectivity index (χ0v) is 28.3. The Bertz CT molecular complexity index is 1860. The summed E-state index contributed by atoms with van der Waals surface area (Å²) < 4.78 is 0. The molecule has 2 aromatic heterocycles. The Morgan fingerprint density at radius 1 is 0.735 bits per heavy atom. The molecule has 0 aliphatic carbocycles. The molecule has 260 valence electrons. The van der Waals surface area contributed by atoms with Crippen molar-refractivity contribution in [2.45, 2.75) is 72.8 Å². The molecule has 0 aromatic carbocycles. The van der Waals surface area contributed by atoms with Gasteiger partial charge in [0.15, 0.2) is 0 Å². The smallest absolute Gasteiger partial charge is 0.320 e. The second kappa shape index (κ2) is 15.9. The summed E-state index contributed by atoms with van der Waals surface area (Å²) in [4.78, 5) is 64.1. The molecule has 2 amide bonds. The number of H-pyrrole nitrogens is 2. The summed E-state index contributed by atoms with van der Waals surface area (Å²) in [6.07, 6.45) is 7.58. The van der Waals surface area contributed by atoms with E-state index in [2.05, 4.69) is 33.8 Å². The van der Waals surface area contributed by atoms with Crippen molar-refractivity contribution in [2.75, 3.05) is 0 Å². The number of rotatable bonds is 13. The topological polar surface area (TPSA) is 228 Å². The maximum atomic E-state index is 12.3. The molecular weight excluding hydrogens is 630 g/mol. The Labute approximate surface area is 284 Å². The molecule has 4 rings (SSSR count). The minimum absolute atomic E-state index is 0.0688. The minimum atomic E-state index is -0.963. The maximum absolute atomic E-state index is 12.3. The first kappa shape index (κ1) is 37.8. The number of aromatic nitrogens is 2. The van der Waals surface area contributed by atoms with E-state index in [1.54, 1.807) is 13.0 Å². The van der Waals surface area contributed by atoms with Crippen LogP contribution in [0.25, 0.3) is 12.2 Å². The normalized spacial score (nSPS) is 16.4. The van der Waals surface area contributed by atoms with Crippen LogP contribution < -0.4 is 16.4 Å². The van der Waals surface area contributed by atoms with Crippen LogP contribution in [0.1, 0.15) is 78.6 Å². The van der Waals surface area contributed by atoms with Crippen LogP contribution in [0.15, 0.2) is 59.0 Å². The van der Waals surface area contributed by atoms with Crippen LogP contribution in [0, 0.1) is 13.8 Å². The molecule has 2 aliphatic rings. The van der Waals surface area contributed by atoms with Crippen molar-refractivity contribution in [1.29, 1.82) is 0 Å². The Hall–Kier alpha value is -5.69. The highest BCUT2D eigenvalue weighted by Gasteiger charge is 2.25. The predicted molar refractivity (Wildman–Crippen MR) is 185 cm³/mol. The number of hydrogen-bond acceptors (Lipinski definition) is 6. The van der Waals surface area contributed by atoms with E-state index in [1.165, 1.54) is 13.0 Å². The summed E-state index contributed by atoms with van der Waals surface area (Å²) in [6.45, 7) is 16.3. The molecule has 49 heavy (non-hydrogen) atoms. The van der Waals surface area contributed by atoms with Gasteiger partial charge in [0.25, 0.3) is 11.8 Å². The van der Waals surface area contributed by atoms with Crippen LogP contribution in [0.4, 0.5) is 0 Å². The maximum Gasteiger partial charge on any atom is 0.320 e. The van der Waals surface area contributed by atoms with Gasteiger partial charge in [-0.05, 0) is 87.4 Å². The van der Waals surface area contributed by atoms with Gasteiger partial charge in [0.05, 0.1) is 5.70 Å². The number of aliphatic carboxylic acids is 3. The van der Waals surface area contributed by atoms with Crippen LogP contribution in [0.2, 0.25) is 0 Å². The minimum Gasteiger partial charge on any atom is -0.481 e. The van der Waals surface area contributed by atoms with Gasteiger partial charge < -0.3 is 41.7 Å². The van der Waals surface area contributed by atoms with Crippen molar-refractivity contribution in [3.63, 3.8) is 0 Å². The third kappa shape index (κ3) is 8.82. The average molecular weight is 674 g/mol. The molecule has 0 bridgehead atoms. The summed E-state index contributed by atoms with van der Waals surface area (Å²) in [7, 11) is 0. The Balaban J connectivity index is 0.000000992. The fraction of sp³-hybridized carbons (Fsp3) is 0.306. The molecular formula is C36H43N5O8. The lowest BCUT2D eigenvalue weighted by molar-refractivity contribution is -0.138. The van der Waals surface area contributed by atoms with E-state index in [-0.39, 0.29) is 37.5 Å². The lowest BCUT2D eigenvalue weighted by Crippen LogP contribution is -2.25. The van der Waals surface area contributed by atoms with Crippen LogP contribution in [0.5, 0.6) is 0 Å². The van der Waals surface area contributed by atoms with Crippen LogP contribution >= 0.6 is 0 Å². The Morgan fingerprint density at radius 3 is 1.55 bits per heavy atom. The summed E-state index contributed by atoms with van der Waals surface area (Å²) in [5, 5.41) is 32.4. The fourth-order valence-electron chi connectivity index (χ4n) is 5.61. The molecule has 9 N–H and O–H groups in total. The van der Waals surface area contributed by atoms with Gasteiger partial charge in [-0.3, -0.25) is 24.0 Å². The van der Waals surface area contributed by atoms with Crippen molar-refractivity contribution >= 4 is 41.9 Å². The second-order valence-electron chi connectivity index (χ2n) is 11.8. The van der Waals surface area contributed by atoms with E-state index in [0.717, 1.165) is 50.6 Å². The number of nitrogens with two attached hydrogens (primary N) is 1. The largest absolute Gasteiger partial charge is 0.481 e. The van der Waals surface area contributed by atoms with Crippen molar-refractivity contribution in [3.05, 3.63) is 104 Å². The molecule has 2 aromatic rings. The van der Waals surface area contributed by atoms with Gasteiger partial charge >= 0.3 is 17.9 Å². The average Bonchev–Trinajstić information content (AvgIpc) is 3.67. The van der Waals surface area contributed by atoms with E-state index >= 15 is 0 Å².